The second-order valence-electron chi connectivity index (χ2n) is 4.84. The van der Waals surface area contributed by atoms with Gasteiger partial charge in [-0.2, -0.15) is 0 Å². The van der Waals surface area contributed by atoms with Crippen molar-refractivity contribution in [3.63, 3.8) is 0 Å². The summed E-state index contributed by atoms with van der Waals surface area (Å²) in [5.41, 5.74) is 1.08. The van der Waals surface area contributed by atoms with E-state index in [0.717, 1.165) is 16.2 Å². The average molecular weight is 296 g/mol. The highest BCUT2D eigenvalue weighted by Gasteiger charge is 2.17. The summed E-state index contributed by atoms with van der Waals surface area (Å²) in [7, 11) is 5.36. The second kappa shape index (κ2) is 8.17. The molecule has 0 aromatic heterocycles. The largest absolute Gasteiger partial charge is 0.496 e. The number of amides is 1. The maximum Gasteiger partial charge on any atom is 0.226 e. The number of hydrogen-bond acceptors (Lipinski definition) is 4. The Morgan fingerprint density at radius 1 is 1.50 bits per heavy atom. The van der Waals surface area contributed by atoms with Crippen molar-refractivity contribution in [1.29, 1.82) is 0 Å². The number of methoxy groups -OCH3 is 1. The molecule has 1 aromatic rings. The molecule has 1 amide bonds. The van der Waals surface area contributed by atoms with Crippen molar-refractivity contribution < 1.29 is 9.53 Å². The van der Waals surface area contributed by atoms with Gasteiger partial charge in [0.1, 0.15) is 5.75 Å². The number of carbonyl (C=O) groups is 1. The Balaban J connectivity index is 2.75. The van der Waals surface area contributed by atoms with E-state index in [0.29, 0.717) is 13.1 Å². The van der Waals surface area contributed by atoms with Crippen LogP contribution in [0.2, 0.25) is 0 Å². The molecule has 0 heterocycles. The molecule has 0 bridgehead atoms. The quantitative estimate of drug-likeness (QED) is 0.784. The number of hydrogen-bond donors (Lipinski definition) is 1. The monoisotopic (exact) mass is 296 g/mol. The predicted molar refractivity (Wildman–Crippen MR) is 84.3 cm³/mol. The molecule has 1 aromatic carbocycles. The lowest BCUT2D eigenvalue weighted by atomic mass is 10.1. The van der Waals surface area contributed by atoms with Gasteiger partial charge in [0, 0.05) is 31.0 Å². The lowest BCUT2D eigenvalue weighted by molar-refractivity contribution is -0.134. The molecular formula is C15H24N2O2S. The number of ether oxygens (including phenoxy) is 1. The summed E-state index contributed by atoms with van der Waals surface area (Å²) in [5.74, 6) is 0.990. The molecule has 112 valence electrons. The zero-order valence-corrected chi connectivity index (χ0v) is 13.7. The lowest BCUT2D eigenvalue weighted by Crippen LogP contribution is -2.35. The van der Waals surface area contributed by atoms with Crippen LogP contribution in [0.5, 0.6) is 5.75 Å². The van der Waals surface area contributed by atoms with Crippen LogP contribution in [0.25, 0.3) is 0 Å². The van der Waals surface area contributed by atoms with Crippen molar-refractivity contribution in [3.05, 3.63) is 23.8 Å². The molecular weight excluding hydrogens is 272 g/mol. The van der Waals surface area contributed by atoms with Gasteiger partial charge in [-0.25, -0.2) is 0 Å². The molecule has 0 fully saturated rings. The van der Waals surface area contributed by atoms with Crippen molar-refractivity contribution in [2.75, 3.05) is 34.0 Å². The second-order valence-corrected chi connectivity index (χ2v) is 5.69. The first-order valence-corrected chi connectivity index (χ1v) is 7.86. The van der Waals surface area contributed by atoms with E-state index in [-0.39, 0.29) is 11.8 Å². The number of rotatable bonds is 7. The molecule has 0 aliphatic heterocycles. The molecule has 0 aliphatic rings. The molecule has 0 saturated carbocycles. The van der Waals surface area contributed by atoms with Crippen LogP contribution in [0.3, 0.4) is 0 Å². The molecule has 0 aliphatic carbocycles. The summed E-state index contributed by atoms with van der Waals surface area (Å²) in [6.07, 6.45) is 2.02. The van der Waals surface area contributed by atoms with Gasteiger partial charge in [-0.15, -0.1) is 11.8 Å². The standard InChI is InChI=1S/C15H24N2O2S/c1-11(9-16-2)15(18)17(3)10-12-6-7-14(20-5)13(8-12)19-4/h6-8,11,16H,9-10H2,1-5H3. The first-order chi connectivity index (χ1) is 9.53. The Hall–Kier alpha value is -1.20. The minimum atomic E-state index is -0.0163. The Morgan fingerprint density at radius 3 is 2.75 bits per heavy atom. The SMILES string of the molecule is CNCC(C)C(=O)N(C)Cc1ccc(SC)c(OC)c1. The average Bonchev–Trinajstić information content (AvgIpc) is 2.46. The summed E-state index contributed by atoms with van der Waals surface area (Å²) >= 11 is 1.65. The van der Waals surface area contributed by atoms with Gasteiger partial charge in [0.2, 0.25) is 5.91 Å². The number of benzene rings is 1. The van der Waals surface area contributed by atoms with Gasteiger partial charge in [-0.05, 0) is 31.0 Å². The lowest BCUT2D eigenvalue weighted by Gasteiger charge is -2.22. The Kier molecular flexibility index (Phi) is 6.88. The van der Waals surface area contributed by atoms with E-state index in [4.69, 9.17) is 4.74 Å². The van der Waals surface area contributed by atoms with Gasteiger partial charge in [0.05, 0.1) is 7.11 Å². The van der Waals surface area contributed by atoms with Crippen LogP contribution in [-0.4, -0.2) is 44.8 Å². The fourth-order valence-corrected chi connectivity index (χ4v) is 2.65. The third-order valence-corrected chi connectivity index (χ3v) is 3.95. The maximum absolute atomic E-state index is 12.2. The summed E-state index contributed by atoms with van der Waals surface area (Å²) in [5, 5.41) is 3.03. The fraction of sp³-hybridized carbons (Fsp3) is 0.533. The number of thioether (sulfide) groups is 1. The molecule has 5 heteroatoms. The molecule has 4 nitrogen and oxygen atoms in total. The van der Waals surface area contributed by atoms with Crippen LogP contribution >= 0.6 is 11.8 Å². The molecule has 0 spiro atoms. The summed E-state index contributed by atoms with van der Waals surface area (Å²) < 4.78 is 5.37. The third-order valence-electron chi connectivity index (χ3n) is 3.18. The number of nitrogens with one attached hydrogen (secondary N) is 1. The van der Waals surface area contributed by atoms with Gasteiger partial charge in [-0.1, -0.05) is 13.0 Å². The number of carbonyl (C=O) groups excluding carboxylic acids is 1. The molecule has 1 unspecified atom stereocenters. The van der Waals surface area contributed by atoms with Crippen molar-refractivity contribution >= 4 is 17.7 Å². The Morgan fingerprint density at radius 2 is 2.20 bits per heavy atom. The van der Waals surface area contributed by atoms with Gasteiger partial charge in [-0.3, -0.25) is 4.79 Å². The molecule has 0 saturated heterocycles. The van der Waals surface area contributed by atoms with E-state index in [2.05, 4.69) is 5.32 Å². The highest BCUT2D eigenvalue weighted by molar-refractivity contribution is 7.98. The van der Waals surface area contributed by atoms with E-state index in [1.54, 1.807) is 23.8 Å². The predicted octanol–water partition coefficient (Wildman–Crippen LogP) is 2.23. The molecule has 1 atom stereocenters. The van der Waals surface area contributed by atoms with Gasteiger partial charge >= 0.3 is 0 Å². The maximum atomic E-state index is 12.2. The molecule has 1 N–H and O–H groups in total. The highest BCUT2D eigenvalue weighted by Crippen LogP contribution is 2.28. The van der Waals surface area contributed by atoms with Crippen molar-refractivity contribution in [3.8, 4) is 5.75 Å². The summed E-state index contributed by atoms with van der Waals surface area (Å²) in [6, 6.07) is 6.08. The summed E-state index contributed by atoms with van der Waals surface area (Å²) in [6.45, 7) is 3.22. The van der Waals surface area contributed by atoms with Crippen LogP contribution < -0.4 is 10.1 Å². The van der Waals surface area contributed by atoms with Crippen molar-refractivity contribution in [1.82, 2.24) is 10.2 Å². The first kappa shape index (κ1) is 16.9. The highest BCUT2D eigenvalue weighted by atomic mass is 32.2. The zero-order chi connectivity index (χ0) is 15.1. The Bertz CT molecular complexity index is 451. The van der Waals surface area contributed by atoms with Crippen LogP contribution in [0.15, 0.2) is 23.1 Å². The van der Waals surface area contributed by atoms with E-state index in [9.17, 15) is 4.79 Å². The topological polar surface area (TPSA) is 41.6 Å². The van der Waals surface area contributed by atoms with E-state index < -0.39 is 0 Å². The number of nitrogens with zero attached hydrogens (tertiary/aromatic N) is 1. The van der Waals surface area contributed by atoms with E-state index >= 15 is 0 Å². The normalized spacial score (nSPS) is 12.1. The third kappa shape index (κ3) is 4.42. The summed E-state index contributed by atoms with van der Waals surface area (Å²) in [4.78, 5) is 15.0. The van der Waals surface area contributed by atoms with E-state index in [1.807, 2.05) is 45.5 Å². The zero-order valence-electron chi connectivity index (χ0n) is 12.9. The van der Waals surface area contributed by atoms with Crippen LogP contribution in [0, 0.1) is 5.92 Å². The van der Waals surface area contributed by atoms with Crippen LogP contribution in [0.1, 0.15) is 12.5 Å². The molecule has 0 radical (unpaired) electrons. The van der Waals surface area contributed by atoms with Crippen molar-refractivity contribution in [2.45, 2.75) is 18.4 Å². The molecule has 1 rings (SSSR count). The minimum absolute atomic E-state index is 0.0163. The first-order valence-electron chi connectivity index (χ1n) is 6.64. The fourth-order valence-electron chi connectivity index (χ4n) is 2.10. The van der Waals surface area contributed by atoms with E-state index in [1.165, 1.54) is 0 Å². The van der Waals surface area contributed by atoms with Crippen LogP contribution in [-0.2, 0) is 11.3 Å². The molecule has 20 heavy (non-hydrogen) atoms. The van der Waals surface area contributed by atoms with Gasteiger partial charge < -0.3 is 15.0 Å². The van der Waals surface area contributed by atoms with Gasteiger partial charge in [0.25, 0.3) is 0 Å². The van der Waals surface area contributed by atoms with Gasteiger partial charge in [0.15, 0.2) is 0 Å². The van der Waals surface area contributed by atoms with Crippen LogP contribution in [0.4, 0.5) is 0 Å². The van der Waals surface area contributed by atoms with Crippen molar-refractivity contribution in [2.24, 2.45) is 5.92 Å². The Labute approximate surface area is 125 Å². The minimum Gasteiger partial charge on any atom is -0.496 e. The smallest absolute Gasteiger partial charge is 0.226 e.